The average molecular weight is 310 g/mol. The number of carbonyl (C=O) groups excluding carboxylic acids is 2. The SMILES string of the molecule is CC(C)COC(=O)/C=C/C(=O)OCCc1cc(=O)[nH]c(=O)[nH]1. The molecular formula is C14H18N2O6. The first-order valence-corrected chi connectivity index (χ1v) is 6.71. The monoisotopic (exact) mass is 310 g/mol. The summed E-state index contributed by atoms with van der Waals surface area (Å²) in [5.74, 6) is -1.13. The molecule has 0 aliphatic carbocycles. The lowest BCUT2D eigenvalue weighted by Gasteiger charge is -2.04. The quantitative estimate of drug-likeness (QED) is 0.536. The molecule has 8 heteroatoms. The predicted octanol–water partition coefficient (Wildman–Crippen LogP) is -0.0957. The number of hydrogen-bond donors (Lipinski definition) is 2. The van der Waals surface area contributed by atoms with Crippen molar-refractivity contribution >= 4 is 11.9 Å². The van der Waals surface area contributed by atoms with Crippen molar-refractivity contribution in [3.8, 4) is 0 Å². The van der Waals surface area contributed by atoms with Gasteiger partial charge in [-0.1, -0.05) is 13.8 Å². The maximum absolute atomic E-state index is 11.4. The Bertz CT molecular complexity index is 628. The molecule has 0 radical (unpaired) electrons. The van der Waals surface area contributed by atoms with Crippen LogP contribution in [0.3, 0.4) is 0 Å². The summed E-state index contributed by atoms with van der Waals surface area (Å²) in [4.78, 5) is 49.1. The van der Waals surface area contributed by atoms with Gasteiger partial charge < -0.3 is 14.5 Å². The summed E-state index contributed by atoms with van der Waals surface area (Å²) in [5.41, 5.74) is -0.804. The number of rotatable bonds is 7. The van der Waals surface area contributed by atoms with E-state index in [0.29, 0.717) is 5.69 Å². The molecule has 0 bridgehead atoms. The van der Waals surface area contributed by atoms with Crippen LogP contribution in [-0.2, 0) is 25.5 Å². The van der Waals surface area contributed by atoms with E-state index < -0.39 is 23.2 Å². The molecule has 0 aliphatic heterocycles. The van der Waals surface area contributed by atoms with Crippen molar-refractivity contribution in [2.75, 3.05) is 13.2 Å². The van der Waals surface area contributed by atoms with E-state index in [1.165, 1.54) is 6.07 Å². The van der Waals surface area contributed by atoms with Gasteiger partial charge in [-0.15, -0.1) is 0 Å². The van der Waals surface area contributed by atoms with Crippen molar-refractivity contribution in [1.29, 1.82) is 0 Å². The van der Waals surface area contributed by atoms with Crippen molar-refractivity contribution in [2.24, 2.45) is 5.92 Å². The number of aromatic amines is 2. The third-order valence-corrected chi connectivity index (χ3v) is 2.35. The minimum atomic E-state index is -0.714. The summed E-state index contributed by atoms with van der Waals surface area (Å²) in [6.45, 7) is 4.02. The minimum absolute atomic E-state index is 0.0381. The second-order valence-corrected chi connectivity index (χ2v) is 4.89. The molecule has 0 aromatic carbocycles. The molecule has 0 fully saturated rings. The van der Waals surface area contributed by atoms with Crippen molar-refractivity contribution in [3.05, 3.63) is 44.8 Å². The molecule has 0 atom stereocenters. The number of nitrogens with one attached hydrogen (secondary N) is 2. The fourth-order valence-corrected chi connectivity index (χ4v) is 1.40. The fourth-order valence-electron chi connectivity index (χ4n) is 1.40. The van der Waals surface area contributed by atoms with Gasteiger partial charge in [-0.25, -0.2) is 14.4 Å². The van der Waals surface area contributed by atoms with Crippen molar-refractivity contribution in [3.63, 3.8) is 0 Å². The molecular weight excluding hydrogens is 292 g/mol. The smallest absolute Gasteiger partial charge is 0.331 e. The number of carbonyl (C=O) groups is 2. The fraction of sp³-hybridized carbons (Fsp3) is 0.429. The van der Waals surface area contributed by atoms with Gasteiger partial charge in [-0.3, -0.25) is 9.78 Å². The van der Waals surface area contributed by atoms with Gasteiger partial charge in [0.1, 0.15) is 0 Å². The number of aromatic nitrogens is 2. The Morgan fingerprint density at radius 2 is 1.77 bits per heavy atom. The molecule has 120 valence electrons. The average Bonchev–Trinajstić information content (AvgIpc) is 2.41. The van der Waals surface area contributed by atoms with Crippen molar-refractivity contribution in [2.45, 2.75) is 20.3 Å². The highest BCUT2D eigenvalue weighted by molar-refractivity contribution is 5.91. The molecule has 1 rings (SSSR count). The molecule has 8 nitrogen and oxygen atoms in total. The molecule has 0 saturated heterocycles. The van der Waals surface area contributed by atoms with Crippen LogP contribution in [0.4, 0.5) is 0 Å². The lowest BCUT2D eigenvalue weighted by atomic mass is 10.2. The molecule has 0 unspecified atom stereocenters. The summed E-state index contributed by atoms with van der Waals surface area (Å²) in [5, 5.41) is 0. The number of H-pyrrole nitrogens is 2. The van der Waals surface area contributed by atoms with Crippen LogP contribution in [-0.4, -0.2) is 35.1 Å². The van der Waals surface area contributed by atoms with E-state index in [9.17, 15) is 19.2 Å². The maximum Gasteiger partial charge on any atom is 0.331 e. The Balaban J connectivity index is 2.35. The Kier molecular flexibility index (Phi) is 6.81. The van der Waals surface area contributed by atoms with E-state index in [-0.39, 0.29) is 25.6 Å². The molecule has 0 saturated carbocycles. The number of hydrogen-bond acceptors (Lipinski definition) is 6. The third-order valence-electron chi connectivity index (χ3n) is 2.35. The molecule has 1 aromatic heterocycles. The highest BCUT2D eigenvalue weighted by atomic mass is 16.5. The lowest BCUT2D eigenvalue weighted by molar-refractivity contribution is -0.141. The van der Waals surface area contributed by atoms with Gasteiger partial charge in [0.2, 0.25) is 0 Å². The van der Waals surface area contributed by atoms with E-state index in [2.05, 4.69) is 4.98 Å². The first-order chi connectivity index (χ1) is 10.4. The van der Waals surface area contributed by atoms with E-state index in [4.69, 9.17) is 9.47 Å². The summed E-state index contributed by atoms with van der Waals surface area (Å²) < 4.78 is 9.68. The minimum Gasteiger partial charge on any atom is -0.462 e. The second-order valence-electron chi connectivity index (χ2n) is 4.89. The molecule has 1 heterocycles. The largest absolute Gasteiger partial charge is 0.462 e. The van der Waals surface area contributed by atoms with E-state index in [1.54, 1.807) is 0 Å². The summed E-state index contributed by atoms with van der Waals surface area (Å²) in [6, 6.07) is 1.20. The topological polar surface area (TPSA) is 118 Å². The second kappa shape index (κ2) is 8.60. The maximum atomic E-state index is 11.4. The van der Waals surface area contributed by atoms with Gasteiger partial charge in [0.15, 0.2) is 0 Å². The van der Waals surface area contributed by atoms with E-state index >= 15 is 0 Å². The third kappa shape index (κ3) is 7.22. The highest BCUT2D eigenvalue weighted by Gasteiger charge is 2.03. The Morgan fingerprint density at radius 3 is 2.36 bits per heavy atom. The lowest BCUT2D eigenvalue weighted by Crippen LogP contribution is -2.23. The summed E-state index contributed by atoms with van der Waals surface area (Å²) >= 11 is 0. The Morgan fingerprint density at radius 1 is 1.14 bits per heavy atom. The predicted molar refractivity (Wildman–Crippen MR) is 77.3 cm³/mol. The molecule has 2 N–H and O–H groups in total. The first-order valence-electron chi connectivity index (χ1n) is 6.71. The van der Waals surface area contributed by atoms with E-state index in [1.807, 2.05) is 18.8 Å². The van der Waals surface area contributed by atoms with Crippen molar-refractivity contribution < 1.29 is 19.1 Å². The zero-order valence-electron chi connectivity index (χ0n) is 12.4. The molecule has 0 amide bonds. The standard InChI is InChI=1S/C14H18N2O6/c1-9(2)8-22-13(19)4-3-12(18)21-6-5-10-7-11(17)16-14(20)15-10/h3-4,7,9H,5-6,8H2,1-2H3,(H2,15,16,17,20)/b4-3+. The number of ether oxygens (including phenoxy) is 2. The summed E-state index contributed by atoms with van der Waals surface area (Å²) in [6.07, 6.45) is 2.12. The van der Waals surface area contributed by atoms with Crippen LogP contribution in [0, 0.1) is 5.92 Å². The van der Waals surface area contributed by atoms with Crippen LogP contribution >= 0.6 is 0 Å². The van der Waals surface area contributed by atoms with Gasteiger partial charge in [-0.2, -0.15) is 0 Å². The van der Waals surface area contributed by atoms with Crippen LogP contribution in [0.15, 0.2) is 27.8 Å². The van der Waals surface area contributed by atoms with Gasteiger partial charge in [0, 0.05) is 30.3 Å². The summed E-state index contributed by atoms with van der Waals surface area (Å²) in [7, 11) is 0. The molecule has 22 heavy (non-hydrogen) atoms. The number of esters is 2. The Labute approximate surface area is 126 Å². The van der Waals surface area contributed by atoms with Crippen LogP contribution in [0.1, 0.15) is 19.5 Å². The van der Waals surface area contributed by atoms with Crippen LogP contribution in [0.2, 0.25) is 0 Å². The van der Waals surface area contributed by atoms with Crippen LogP contribution < -0.4 is 11.2 Å². The highest BCUT2D eigenvalue weighted by Crippen LogP contribution is 1.94. The Hall–Kier alpha value is -2.64. The molecule has 0 aliphatic rings. The first kappa shape index (κ1) is 17.4. The molecule has 0 spiro atoms. The van der Waals surface area contributed by atoms with E-state index in [0.717, 1.165) is 12.2 Å². The van der Waals surface area contributed by atoms with Crippen molar-refractivity contribution in [1.82, 2.24) is 9.97 Å². The van der Waals surface area contributed by atoms with Gasteiger partial charge in [-0.05, 0) is 5.92 Å². The zero-order valence-corrected chi connectivity index (χ0v) is 12.4. The van der Waals surface area contributed by atoms with Gasteiger partial charge in [0.25, 0.3) is 5.56 Å². The van der Waals surface area contributed by atoms with Gasteiger partial charge >= 0.3 is 17.6 Å². The normalized spacial score (nSPS) is 10.9. The van der Waals surface area contributed by atoms with Crippen LogP contribution in [0.5, 0.6) is 0 Å². The zero-order chi connectivity index (χ0) is 16.5. The van der Waals surface area contributed by atoms with Crippen LogP contribution in [0.25, 0.3) is 0 Å². The van der Waals surface area contributed by atoms with Gasteiger partial charge in [0.05, 0.1) is 13.2 Å². The molecule has 1 aromatic rings.